The van der Waals surface area contributed by atoms with E-state index in [9.17, 15) is 13.6 Å². The minimum absolute atomic E-state index is 0.00485. The minimum Gasteiger partial charge on any atom is -0.349 e. The average molecular weight is 284 g/mol. The Bertz CT molecular complexity index is 477. The quantitative estimate of drug-likeness (QED) is 0.842. The Labute approximate surface area is 118 Å². The van der Waals surface area contributed by atoms with Gasteiger partial charge in [0.1, 0.15) is 0 Å². The van der Waals surface area contributed by atoms with Crippen molar-refractivity contribution in [2.75, 3.05) is 6.54 Å². The summed E-state index contributed by atoms with van der Waals surface area (Å²) in [6.07, 6.45) is 0.762. The summed E-state index contributed by atoms with van der Waals surface area (Å²) in [5.41, 5.74) is 5.67. The summed E-state index contributed by atoms with van der Waals surface area (Å²) in [5, 5.41) is 2.88. The molecule has 0 bridgehead atoms. The van der Waals surface area contributed by atoms with Gasteiger partial charge >= 0.3 is 0 Å². The fourth-order valence-corrected chi connectivity index (χ4v) is 2.30. The summed E-state index contributed by atoms with van der Waals surface area (Å²) in [4.78, 5) is 12.0. The van der Waals surface area contributed by atoms with Crippen molar-refractivity contribution < 1.29 is 13.6 Å². The Hall–Kier alpha value is -1.49. The molecule has 20 heavy (non-hydrogen) atoms. The van der Waals surface area contributed by atoms with Gasteiger partial charge in [0.15, 0.2) is 11.6 Å². The predicted octanol–water partition coefficient (Wildman–Crippen LogP) is 2.39. The van der Waals surface area contributed by atoms with Crippen LogP contribution < -0.4 is 11.1 Å². The molecule has 1 aromatic carbocycles. The first kappa shape index (κ1) is 16.6. The molecule has 0 fully saturated rings. The molecule has 0 aliphatic rings. The predicted molar refractivity (Wildman–Crippen MR) is 75.1 cm³/mol. The van der Waals surface area contributed by atoms with E-state index in [-0.39, 0.29) is 12.3 Å². The number of nitrogens with one attached hydrogen (secondary N) is 1. The zero-order valence-electron chi connectivity index (χ0n) is 12.2. The van der Waals surface area contributed by atoms with Gasteiger partial charge in [-0.25, -0.2) is 8.78 Å². The maximum absolute atomic E-state index is 13.1. The number of rotatable bonds is 6. The molecule has 0 aliphatic heterocycles. The van der Waals surface area contributed by atoms with Crippen molar-refractivity contribution in [1.29, 1.82) is 0 Å². The summed E-state index contributed by atoms with van der Waals surface area (Å²) >= 11 is 0. The third kappa shape index (κ3) is 4.89. The summed E-state index contributed by atoms with van der Waals surface area (Å²) in [7, 11) is 0. The second-order valence-electron chi connectivity index (χ2n) is 5.84. The lowest BCUT2D eigenvalue weighted by molar-refractivity contribution is -0.122. The summed E-state index contributed by atoms with van der Waals surface area (Å²) in [6, 6.07) is 3.46. The van der Waals surface area contributed by atoms with Crippen molar-refractivity contribution in [1.82, 2.24) is 5.32 Å². The van der Waals surface area contributed by atoms with E-state index in [4.69, 9.17) is 5.73 Å². The lowest BCUT2D eigenvalue weighted by atomic mass is 9.90. The van der Waals surface area contributed by atoms with Gasteiger partial charge in [0.2, 0.25) is 5.91 Å². The van der Waals surface area contributed by atoms with Gasteiger partial charge in [0.25, 0.3) is 0 Å². The molecule has 0 aliphatic carbocycles. The highest BCUT2D eigenvalue weighted by molar-refractivity contribution is 5.79. The molecule has 1 rings (SSSR count). The summed E-state index contributed by atoms with van der Waals surface area (Å²) in [6.45, 7) is 6.32. The van der Waals surface area contributed by atoms with Crippen molar-refractivity contribution in [2.24, 2.45) is 11.7 Å². The first-order valence-corrected chi connectivity index (χ1v) is 6.71. The molecular formula is C15H22F2N2O. The molecule has 0 spiro atoms. The van der Waals surface area contributed by atoms with Gasteiger partial charge < -0.3 is 11.1 Å². The van der Waals surface area contributed by atoms with Crippen molar-refractivity contribution in [3.63, 3.8) is 0 Å². The zero-order chi connectivity index (χ0) is 15.3. The van der Waals surface area contributed by atoms with Crippen molar-refractivity contribution in [3.05, 3.63) is 35.4 Å². The molecule has 1 aromatic rings. The van der Waals surface area contributed by atoms with Crippen LogP contribution in [0.4, 0.5) is 8.78 Å². The monoisotopic (exact) mass is 284 g/mol. The van der Waals surface area contributed by atoms with Crippen LogP contribution in [0.15, 0.2) is 18.2 Å². The fraction of sp³-hybridized carbons (Fsp3) is 0.533. The lowest BCUT2D eigenvalue weighted by Crippen LogP contribution is -2.52. The zero-order valence-corrected chi connectivity index (χ0v) is 12.2. The molecule has 0 radical (unpaired) electrons. The highest BCUT2D eigenvalue weighted by Crippen LogP contribution is 2.16. The van der Waals surface area contributed by atoms with E-state index in [0.717, 1.165) is 18.6 Å². The Morgan fingerprint density at radius 3 is 2.50 bits per heavy atom. The van der Waals surface area contributed by atoms with Crippen LogP contribution in [0.5, 0.6) is 0 Å². The number of hydrogen-bond donors (Lipinski definition) is 2. The van der Waals surface area contributed by atoms with E-state index >= 15 is 0 Å². The number of halogens is 2. The fourth-order valence-electron chi connectivity index (χ4n) is 2.30. The number of hydrogen-bond acceptors (Lipinski definition) is 2. The average Bonchev–Trinajstić information content (AvgIpc) is 2.32. The third-order valence-corrected chi connectivity index (χ3v) is 3.10. The highest BCUT2D eigenvalue weighted by atomic mass is 19.2. The van der Waals surface area contributed by atoms with Crippen molar-refractivity contribution in [2.45, 2.75) is 39.2 Å². The maximum atomic E-state index is 13.1. The van der Waals surface area contributed by atoms with E-state index in [2.05, 4.69) is 19.2 Å². The van der Waals surface area contributed by atoms with Crippen LogP contribution in [-0.4, -0.2) is 18.0 Å². The Morgan fingerprint density at radius 1 is 1.35 bits per heavy atom. The van der Waals surface area contributed by atoms with Gasteiger partial charge in [0.05, 0.1) is 6.42 Å². The molecule has 1 amide bonds. The topological polar surface area (TPSA) is 55.1 Å². The minimum atomic E-state index is -0.945. The van der Waals surface area contributed by atoms with Crippen molar-refractivity contribution >= 4 is 5.91 Å². The van der Waals surface area contributed by atoms with E-state index in [1.165, 1.54) is 6.07 Å². The molecule has 0 heterocycles. The van der Waals surface area contributed by atoms with Crippen LogP contribution >= 0.6 is 0 Å². The van der Waals surface area contributed by atoms with Gasteiger partial charge in [-0.3, -0.25) is 4.79 Å². The second kappa shape index (κ2) is 6.79. The van der Waals surface area contributed by atoms with E-state index in [0.29, 0.717) is 18.0 Å². The highest BCUT2D eigenvalue weighted by Gasteiger charge is 2.25. The van der Waals surface area contributed by atoms with Gasteiger partial charge in [0, 0.05) is 12.1 Å². The van der Waals surface area contributed by atoms with E-state index < -0.39 is 17.2 Å². The third-order valence-electron chi connectivity index (χ3n) is 3.10. The van der Waals surface area contributed by atoms with Gasteiger partial charge in [-0.2, -0.15) is 0 Å². The molecule has 0 saturated carbocycles. The summed E-state index contributed by atoms with van der Waals surface area (Å²) < 4.78 is 25.9. The van der Waals surface area contributed by atoms with Crippen LogP contribution in [0.1, 0.15) is 32.8 Å². The molecule has 5 heteroatoms. The Kier molecular flexibility index (Phi) is 5.62. The number of benzene rings is 1. The second-order valence-corrected chi connectivity index (χ2v) is 5.84. The maximum Gasteiger partial charge on any atom is 0.224 e. The van der Waals surface area contributed by atoms with E-state index in [1.54, 1.807) is 0 Å². The summed E-state index contributed by atoms with van der Waals surface area (Å²) in [5.74, 6) is -1.71. The van der Waals surface area contributed by atoms with Crippen LogP contribution in [-0.2, 0) is 11.2 Å². The molecule has 1 unspecified atom stereocenters. The first-order chi connectivity index (χ1) is 9.25. The molecule has 0 aromatic heterocycles. The van der Waals surface area contributed by atoms with Crippen LogP contribution in [0.2, 0.25) is 0 Å². The van der Waals surface area contributed by atoms with E-state index in [1.807, 2.05) is 6.92 Å². The lowest BCUT2D eigenvalue weighted by Gasteiger charge is -2.31. The number of amides is 1. The number of nitrogens with two attached hydrogens (primary N) is 1. The van der Waals surface area contributed by atoms with Crippen LogP contribution in [0.25, 0.3) is 0 Å². The largest absolute Gasteiger partial charge is 0.349 e. The van der Waals surface area contributed by atoms with Gasteiger partial charge in [-0.15, -0.1) is 0 Å². The first-order valence-electron chi connectivity index (χ1n) is 6.71. The normalized spacial score (nSPS) is 14.2. The van der Waals surface area contributed by atoms with Gasteiger partial charge in [-0.05, 0) is 37.0 Å². The number of carbonyl (C=O) groups excluding carboxylic acids is 1. The smallest absolute Gasteiger partial charge is 0.224 e. The Morgan fingerprint density at radius 2 is 2.00 bits per heavy atom. The SMILES string of the molecule is CC(C)CC(C)(CN)NC(=O)Cc1ccc(F)c(F)c1. The molecule has 3 N–H and O–H groups in total. The molecule has 112 valence electrons. The van der Waals surface area contributed by atoms with Crippen molar-refractivity contribution in [3.8, 4) is 0 Å². The van der Waals surface area contributed by atoms with Crippen LogP contribution in [0.3, 0.4) is 0 Å². The molecule has 0 saturated heterocycles. The number of carbonyl (C=O) groups is 1. The standard InChI is InChI=1S/C15H22F2N2O/c1-10(2)8-15(3,9-18)19-14(20)7-11-4-5-12(16)13(17)6-11/h4-6,10H,7-9,18H2,1-3H3,(H,19,20). The Balaban J connectivity index is 2.68. The molecule has 1 atom stereocenters. The van der Waals surface area contributed by atoms with Crippen LogP contribution in [0, 0.1) is 17.6 Å². The molecule has 3 nitrogen and oxygen atoms in total. The van der Waals surface area contributed by atoms with Gasteiger partial charge in [-0.1, -0.05) is 19.9 Å². The molecular weight excluding hydrogens is 262 g/mol.